The van der Waals surface area contributed by atoms with E-state index >= 15 is 0 Å². The van der Waals surface area contributed by atoms with Gasteiger partial charge in [-0.15, -0.1) is 11.3 Å². The van der Waals surface area contributed by atoms with Gasteiger partial charge in [0.15, 0.2) is 5.16 Å². The van der Waals surface area contributed by atoms with Crippen molar-refractivity contribution in [2.24, 2.45) is 11.8 Å². The molecule has 1 aliphatic carbocycles. The molecule has 2 heterocycles. The summed E-state index contributed by atoms with van der Waals surface area (Å²) in [7, 11) is 0. The van der Waals surface area contributed by atoms with Gasteiger partial charge in [-0.2, -0.15) is 0 Å². The number of thiophene rings is 1. The third kappa shape index (κ3) is 4.98. The first-order chi connectivity index (χ1) is 13.4. The molecule has 0 radical (unpaired) electrons. The summed E-state index contributed by atoms with van der Waals surface area (Å²) in [4.78, 5) is 34.5. The summed E-state index contributed by atoms with van der Waals surface area (Å²) in [6.07, 6.45) is 6.68. The topological polar surface area (TPSA) is 74.8 Å². The molecule has 28 heavy (non-hydrogen) atoms. The molecule has 0 aromatic carbocycles. The van der Waals surface area contributed by atoms with Gasteiger partial charge in [-0.3, -0.25) is 9.59 Å². The van der Waals surface area contributed by atoms with E-state index < -0.39 is 0 Å². The van der Waals surface area contributed by atoms with Crippen LogP contribution in [0.4, 0.5) is 0 Å². The fourth-order valence-corrected chi connectivity index (χ4v) is 5.66. The highest BCUT2D eigenvalue weighted by Gasteiger charge is 2.23. The SMILES string of the molecule is CC[C@H](C)Cc1c(C)sc2nc(SCC(=O)N[C@H]3CCCC[C@@H]3C)[nH]c(=O)c12. The monoisotopic (exact) mass is 421 g/mol. The smallest absolute Gasteiger partial charge is 0.260 e. The van der Waals surface area contributed by atoms with E-state index in [1.54, 1.807) is 11.3 Å². The minimum absolute atomic E-state index is 0.0197. The third-order valence-electron chi connectivity index (χ3n) is 5.89. The van der Waals surface area contributed by atoms with Crippen LogP contribution in [0.15, 0.2) is 9.95 Å². The number of nitrogens with one attached hydrogen (secondary N) is 2. The zero-order valence-electron chi connectivity index (χ0n) is 17.3. The molecule has 3 rings (SSSR count). The molecule has 0 spiro atoms. The van der Waals surface area contributed by atoms with Crippen molar-refractivity contribution in [3.8, 4) is 0 Å². The van der Waals surface area contributed by atoms with Gasteiger partial charge in [0.2, 0.25) is 5.91 Å². The van der Waals surface area contributed by atoms with E-state index in [4.69, 9.17) is 0 Å². The lowest BCUT2D eigenvalue weighted by Gasteiger charge is -2.29. The Bertz CT molecular complexity index is 890. The first-order valence-corrected chi connectivity index (χ1v) is 12.1. The number of fused-ring (bicyclic) bond motifs is 1. The van der Waals surface area contributed by atoms with Crippen LogP contribution in [0.1, 0.15) is 63.3 Å². The van der Waals surface area contributed by atoms with Crippen molar-refractivity contribution in [3.05, 3.63) is 20.8 Å². The molecule has 2 aromatic heterocycles. The number of rotatable bonds is 7. The molecular formula is C21H31N3O2S2. The Labute approximate surface area is 175 Å². The molecule has 1 saturated carbocycles. The second-order valence-electron chi connectivity index (χ2n) is 8.13. The average molecular weight is 422 g/mol. The predicted octanol–water partition coefficient (Wildman–Crippen LogP) is 4.67. The molecule has 1 amide bonds. The van der Waals surface area contributed by atoms with Crippen LogP contribution >= 0.6 is 23.1 Å². The molecule has 0 unspecified atom stereocenters. The van der Waals surface area contributed by atoms with Crippen LogP contribution in [0.25, 0.3) is 10.2 Å². The molecule has 1 fully saturated rings. The molecule has 1 aliphatic rings. The summed E-state index contributed by atoms with van der Waals surface area (Å²) < 4.78 is 0. The molecular weight excluding hydrogens is 390 g/mol. The van der Waals surface area contributed by atoms with Gasteiger partial charge in [0.05, 0.1) is 11.1 Å². The van der Waals surface area contributed by atoms with E-state index in [2.05, 4.69) is 43.0 Å². The lowest BCUT2D eigenvalue weighted by Crippen LogP contribution is -2.41. The van der Waals surface area contributed by atoms with Gasteiger partial charge >= 0.3 is 0 Å². The summed E-state index contributed by atoms with van der Waals surface area (Å²) in [5, 5.41) is 4.41. The van der Waals surface area contributed by atoms with Crippen LogP contribution in [0, 0.1) is 18.8 Å². The highest BCUT2D eigenvalue weighted by Crippen LogP contribution is 2.30. The first kappa shape index (κ1) is 21.4. The van der Waals surface area contributed by atoms with Crippen molar-refractivity contribution in [1.82, 2.24) is 15.3 Å². The summed E-state index contributed by atoms with van der Waals surface area (Å²) in [5.41, 5.74) is 1.04. The van der Waals surface area contributed by atoms with Gasteiger partial charge in [0, 0.05) is 10.9 Å². The van der Waals surface area contributed by atoms with Gasteiger partial charge in [-0.25, -0.2) is 4.98 Å². The van der Waals surface area contributed by atoms with E-state index in [0.717, 1.165) is 35.0 Å². The van der Waals surface area contributed by atoms with Crippen molar-refractivity contribution in [3.63, 3.8) is 0 Å². The second kappa shape index (κ2) is 9.44. The molecule has 154 valence electrons. The van der Waals surface area contributed by atoms with E-state index in [9.17, 15) is 9.59 Å². The van der Waals surface area contributed by atoms with E-state index in [0.29, 0.717) is 17.0 Å². The van der Waals surface area contributed by atoms with Crippen LogP contribution in [0.3, 0.4) is 0 Å². The number of hydrogen-bond acceptors (Lipinski definition) is 5. The largest absolute Gasteiger partial charge is 0.352 e. The molecule has 2 aromatic rings. The van der Waals surface area contributed by atoms with Crippen molar-refractivity contribution >= 4 is 39.2 Å². The zero-order chi connectivity index (χ0) is 20.3. The van der Waals surface area contributed by atoms with E-state index in [1.165, 1.54) is 35.9 Å². The number of thioether (sulfide) groups is 1. The highest BCUT2D eigenvalue weighted by molar-refractivity contribution is 7.99. The van der Waals surface area contributed by atoms with Gasteiger partial charge in [-0.05, 0) is 43.6 Å². The van der Waals surface area contributed by atoms with Gasteiger partial charge < -0.3 is 10.3 Å². The van der Waals surface area contributed by atoms with Gasteiger partial charge in [0.1, 0.15) is 4.83 Å². The number of aryl methyl sites for hydroxylation is 1. The second-order valence-corrected chi connectivity index (χ2v) is 10.3. The van der Waals surface area contributed by atoms with Crippen molar-refractivity contribution in [2.45, 2.75) is 77.4 Å². The van der Waals surface area contributed by atoms with E-state index in [-0.39, 0.29) is 23.3 Å². The molecule has 3 atom stereocenters. The van der Waals surface area contributed by atoms with Gasteiger partial charge in [0.25, 0.3) is 5.56 Å². The summed E-state index contributed by atoms with van der Waals surface area (Å²) in [6, 6.07) is 0.277. The number of carbonyl (C=O) groups is 1. The number of aromatic amines is 1. The third-order valence-corrected chi connectivity index (χ3v) is 7.80. The van der Waals surface area contributed by atoms with Crippen LogP contribution in [0.5, 0.6) is 0 Å². The molecule has 0 bridgehead atoms. The standard InChI is InChI=1S/C21H31N3O2S2/c1-5-12(2)10-15-14(4)28-20-18(15)19(26)23-21(24-20)27-11-17(25)22-16-9-7-6-8-13(16)3/h12-13,16H,5-11H2,1-4H3,(H,22,25)(H,23,24,26)/t12-,13-,16-/m0/s1. The Morgan fingerprint density at radius 3 is 2.86 bits per heavy atom. The Morgan fingerprint density at radius 1 is 1.39 bits per heavy atom. The lowest BCUT2D eigenvalue weighted by atomic mass is 9.86. The number of amides is 1. The summed E-state index contributed by atoms with van der Waals surface area (Å²) in [5.74, 6) is 1.37. The molecule has 0 aliphatic heterocycles. The van der Waals surface area contributed by atoms with Crippen molar-refractivity contribution < 1.29 is 4.79 Å². The molecule has 2 N–H and O–H groups in total. The van der Waals surface area contributed by atoms with Crippen LogP contribution in [-0.4, -0.2) is 27.7 Å². The van der Waals surface area contributed by atoms with Gasteiger partial charge in [-0.1, -0.05) is 51.8 Å². The number of hydrogen-bond donors (Lipinski definition) is 2. The summed E-state index contributed by atoms with van der Waals surface area (Å²) in [6.45, 7) is 8.65. The molecule has 5 nitrogen and oxygen atoms in total. The molecule has 0 saturated heterocycles. The number of aromatic nitrogens is 2. The maximum atomic E-state index is 12.7. The summed E-state index contributed by atoms with van der Waals surface area (Å²) >= 11 is 2.89. The zero-order valence-corrected chi connectivity index (χ0v) is 18.9. The van der Waals surface area contributed by atoms with Crippen molar-refractivity contribution in [2.75, 3.05) is 5.75 Å². The minimum Gasteiger partial charge on any atom is -0.352 e. The highest BCUT2D eigenvalue weighted by atomic mass is 32.2. The minimum atomic E-state index is -0.0866. The maximum Gasteiger partial charge on any atom is 0.260 e. The Kier molecular flexibility index (Phi) is 7.20. The first-order valence-electron chi connectivity index (χ1n) is 10.3. The maximum absolute atomic E-state index is 12.7. The fourth-order valence-electron chi connectivity index (χ4n) is 3.88. The average Bonchev–Trinajstić information content (AvgIpc) is 2.97. The van der Waals surface area contributed by atoms with E-state index in [1.807, 2.05) is 0 Å². The number of H-pyrrole nitrogens is 1. The van der Waals surface area contributed by atoms with Crippen LogP contribution in [0.2, 0.25) is 0 Å². The Hall–Kier alpha value is -1.34. The van der Waals surface area contributed by atoms with Crippen LogP contribution < -0.4 is 10.9 Å². The Morgan fingerprint density at radius 2 is 2.14 bits per heavy atom. The normalized spacial score (nSPS) is 21.0. The fraction of sp³-hybridized carbons (Fsp3) is 0.667. The number of carbonyl (C=O) groups excluding carboxylic acids is 1. The van der Waals surface area contributed by atoms with Crippen LogP contribution in [-0.2, 0) is 11.2 Å². The van der Waals surface area contributed by atoms with Crippen molar-refractivity contribution in [1.29, 1.82) is 0 Å². The Balaban J connectivity index is 1.69. The molecule has 7 heteroatoms. The number of nitrogens with zero attached hydrogens (tertiary/aromatic N) is 1. The quantitative estimate of drug-likeness (QED) is 0.503. The lowest BCUT2D eigenvalue weighted by molar-refractivity contribution is -0.119. The predicted molar refractivity (Wildman–Crippen MR) is 118 cm³/mol.